The molecular formula is C12H17N3O3Si. The lowest BCUT2D eigenvalue weighted by molar-refractivity contribution is -0.118. The van der Waals surface area contributed by atoms with E-state index in [2.05, 4.69) is 14.9 Å². The van der Waals surface area contributed by atoms with Crippen LogP contribution < -0.4 is 20.1 Å². The van der Waals surface area contributed by atoms with E-state index in [0.29, 0.717) is 5.19 Å². The summed E-state index contributed by atoms with van der Waals surface area (Å²) in [6, 6.07) is 8.89. The van der Waals surface area contributed by atoms with Gasteiger partial charge in [0, 0.05) is 26.0 Å². The fourth-order valence-electron chi connectivity index (χ4n) is 1.79. The normalized spacial score (nSPS) is 10.5. The van der Waals surface area contributed by atoms with Crippen LogP contribution in [0.25, 0.3) is 0 Å². The molecule has 0 saturated heterocycles. The molecule has 1 aromatic carbocycles. The van der Waals surface area contributed by atoms with Crippen LogP contribution in [-0.2, 0) is 14.4 Å². The second kappa shape index (κ2) is 6.14. The van der Waals surface area contributed by atoms with Gasteiger partial charge in [-0.2, -0.15) is 0 Å². The van der Waals surface area contributed by atoms with Crippen LogP contribution in [0.2, 0.25) is 0 Å². The second-order valence-corrected chi connectivity index (χ2v) is 6.99. The highest BCUT2D eigenvalue weighted by atomic mass is 28.4. The highest BCUT2D eigenvalue weighted by Gasteiger charge is 2.41. The van der Waals surface area contributed by atoms with Gasteiger partial charge in [-0.3, -0.25) is 14.4 Å². The molecule has 102 valence electrons. The Labute approximate surface area is 112 Å². The Morgan fingerprint density at radius 3 is 1.47 bits per heavy atom. The summed E-state index contributed by atoms with van der Waals surface area (Å²) >= 11 is 0. The molecule has 7 heteroatoms. The molecule has 0 spiro atoms. The Hall–Kier alpha value is -2.15. The quantitative estimate of drug-likeness (QED) is 0.633. The van der Waals surface area contributed by atoms with E-state index in [1.807, 2.05) is 6.07 Å². The summed E-state index contributed by atoms with van der Waals surface area (Å²) in [4.78, 5) is 42.4. The largest absolute Gasteiger partial charge is 0.413 e. The van der Waals surface area contributed by atoms with Crippen LogP contribution in [-0.4, -0.2) is 26.3 Å². The topological polar surface area (TPSA) is 87.3 Å². The first-order chi connectivity index (χ1) is 8.85. The number of hydrogen-bond donors (Lipinski definition) is 3. The number of amides is 3. The maximum atomic E-state index is 11.4. The molecule has 1 rings (SSSR count). The lowest BCUT2D eigenvalue weighted by Gasteiger charge is -2.31. The molecule has 0 aromatic heterocycles. The molecule has 0 aliphatic heterocycles. The van der Waals surface area contributed by atoms with Gasteiger partial charge in [-0.05, 0) is 0 Å². The van der Waals surface area contributed by atoms with Gasteiger partial charge in [0.1, 0.15) is 0 Å². The maximum Gasteiger partial charge on any atom is 0.413 e. The summed E-state index contributed by atoms with van der Waals surface area (Å²) in [5.41, 5.74) is 0. The predicted molar refractivity (Wildman–Crippen MR) is 73.3 cm³/mol. The molecule has 6 nitrogen and oxygen atoms in total. The van der Waals surface area contributed by atoms with Gasteiger partial charge in [0.2, 0.25) is 17.7 Å². The molecule has 0 fully saturated rings. The van der Waals surface area contributed by atoms with Gasteiger partial charge >= 0.3 is 8.56 Å². The predicted octanol–water partition coefficient (Wildman–Crippen LogP) is -0.759. The third-order valence-electron chi connectivity index (χ3n) is 2.30. The van der Waals surface area contributed by atoms with E-state index in [0.717, 1.165) is 0 Å². The molecule has 0 unspecified atom stereocenters. The van der Waals surface area contributed by atoms with Crippen LogP contribution >= 0.6 is 0 Å². The van der Waals surface area contributed by atoms with Gasteiger partial charge in [0.15, 0.2) is 0 Å². The van der Waals surface area contributed by atoms with Crippen molar-refractivity contribution < 1.29 is 14.4 Å². The molecule has 3 N–H and O–H groups in total. The van der Waals surface area contributed by atoms with Gasteiger partial charge < -0.3 is 14.9 Å². The van der Waals surface area contributed by atoms with Crippen molar-refractivity contribution in [3.05, 3.63) is 30.3 Å². The lowest BCUT2D eigenvalue weighted by Crippen LogP contribution is -2.81. The minimum Gasteiger partial charge on any atom is -0.345 e. The zero-order chi connectivity index (χ0) is 14.5. The van der Waals surface area contributed by atoms with Gasteiger partial charge in [-0.1, -0.05) is 30.3 Å². The molecule has 1 aromatic rings. The SMILES string of the molecule is CC(=O)N[Si](NC(C)=O)(NC(C)=O)c1ccccc1. The molecule has 0 radical (unpaired) electrons. The summed E-state index contributed by atoms with van der Waals surface area (Å²) in [7, 11) is -3.16. The van der Waals surface area contributed by atoms with Crippen molar-refractivity contribution in [3.63, 3.8) is 0 Å². The molecule has 0 atom stereocenters. The van der Waals surface area contributed by atoms with Crippen molar-refractivity contribution in [1.82, 2.24) is 14.9 Å². The van der Waals surface area contributed by atoms with Crippen molar-refractivity contribution in [2.75, 3.05) is 0 Å². The third-order valence-corrected chi connectivity index (χ3v) is 5.68. The molecule has 0 saturated carbocycles. The number of benzene rings is 1. The zero-order valence-corrected chi connectivity index (χ0v) is 12.1. The van der Waals surface area contributed by atoms with E-state index in [1.165, 1.54) is 20.8 Å². The zero-order valence-electron chi connectivity index (χ0n) is 11.1. The van der Waals surface area contributed by atoms with Crippen molar-refractivity contribution >= 4 is 31.5 Å². The Morgan fingerprint density at radius 2 is 1.16 bits per heavy atom. The molecule has 19 heavy (non-hydrogen) atoms. The van der Waals surface area contributed by atoms with Crippen molar-refractivity contribution in [2.24, 2.45) is 0 Å². The van der Waals surface area contributed by atoms with E-state index in [9.17, 15) is 14.4 Å². The summed E-state index contributed by atoms with van der Waals surface area (Å²) in [6.45, 7) is 4.02. The molecule has 0 aliphatic carbocycles. The maximum absolute atomic E-state index is 11.4. The van der Waals surface area contributed by atoms with Crippen molar-refractivity contribution in [2.45, 2.75) is 20.8 Å². The number of hydrogen-bond acceptors (Lipinski definition) is 3. The fourth-order valence-corrected chi connectivity index (χ4v) is 4.69. The van der Waals surface area contributed by atoms with Crippen LogP contribution in [0.15, 0.2) is 30.3 Å². The minimum absolute atomic E-state index is 0.321. The summed E-state index contributed by atoms with van der Waals surface area (Å²) in [6.07, 6.45) is 0. The summed E-state index contributed by atoms with van der Waals surface area (Å²) in [5, 5.41) is 0.690. The highest BCUT2D eigenvalue weighted by Crippen LogP contribution is 1.95. The van der Waals surface area contributed by atoms with Gasteiger partial charge in [-0.25, -0.2) is 0 Å². The van der Waals surface area contributed by atoms with Gasteiger partial charge in [0.05, 0.1) is 0 Å². The van der Waals surface area contributed by atoms with Crippen LogP contribution in [0.1, 0.15) is 20.8 Å². The van der Waals surface area contributed by atoms with E-state index in [1.54, 1.807) is 24.3 Å². The molecule has 0 aliphatic rings. The van der Waals surface area contributed by atoms with E-state index < -0.39 is 8.56 Å². The minimum atomic E-state index is -3.16. The van der Waals surface area contributed by atoms with E-state index >= 15 is 0 Å². The standard InChI is InChI=1S/C12H17N3O3Si/c1-9(16)13-19(14-10(2)17,15-11(3)18)12-7-5-4-6-8-12/h4-8H,1-3H3,(H,13,16)(H,14,17)(H,15,18). The van der Waals surface area contributed by atoms with Crippen LogP contribution in [0, 0.1) is 0 Å². The number of rotatable bonds is 4. The van der Waals surface area contributed by atoms with Crippen LogP contribution in [0.5, 0.6) is 0 Å². The van der Waals surface area contributed by atoms with Gasteiger partial charge in [-0.15, -0.1) is 0 Å². The van der Waals surface area contributed by atoms with E-state index in [4.69, 9.17) is 0 Å². The first-order valence-electron chi connectivity index (χ1n) is 5.77. The number of carbonyl (C=O) groups excluding carboxylic acids is 3. The Bertz CT molecular complexity index is 449. The van der Waals surface area contributed by atoms with Crippen molar-refractivity contribution in [3.8, 4) is 0 Å². The summed E-state index contributed by atoms with van der Waals surface area (Å²) < 4.78 is 0. The van der Waals surface area contributed by atoms with Crippen LogP contribution in [0.4, 0.5) is 0 Å². The Balaban J connectivity index is 3.28. The first-order valence-corrected chi connectivity index (χ1v) is 7.77. The average molecular weight is 279 g/mol. The Morgan fingerprint density at radius 1 is 0.789 bits per heavy atom. The highest BCUT2D eigenvalue weighted by molar-refractivity contribution is 6.90. The number of nitrogens with one attached hydrogen (secondary N) is 3. The average Bonchev–Trinajstić information content (AvgIpc) is 2.27. The molecule has 0 bridgehead atoms. The van der Waals surface area contributed by atoms with Crippen LogP contribution in [0.3, 0.4) is 0 Å². The smallest absolute Gasteiger partial charge is 0.345 e. The van der Waals surface area contributed by atoms with Crippen molar-refractivity contribution in [1.29, 1.82) is 0 Å². The lowest BCUT2D eigenvalue weighted by atomic mass is 10.4. The monoisotopic (exact) mass is 279 g/mol. The molecule has 3 amide bonds. The fraction of sp³-hybridized carbons (Fsp3) is 0.250. The second-order valence-electron chi connectivity index (χ2n) is 4.16. The number of carbonyl (C=O) groups is 3. The van der Waals surface area contributed by atoms with E-state index in [-0.39, 0.29) is 17.7 Å². The first kappa shape index (κ1) is 14.9. The molecular weight excluding hydrogens is 262 g/mol. The summed E-state index contributed by atoms with van der Waals surface area (Å²) in [5.74, 6) is -0.964. The Kier molecular flexibility index (Phi) is 4.82. The van der Waals surface area contributed by atoms with Gasteiger partial charge in [0.25, 0.3) is 0 Å². The third kappa shape index (κ3) is 4.22. The molecule has 0 heterocycles.